The van der Waals surface area contributed by atoms with Crippen LogP contribution >= 0.6 is 0 Å². The lowest BCUT2D eigenvalue weighted by Crippen LogP contribution is -2.16. The van der Waals surface area contributed by atoms with Gasteiger partial charge in [-0.1, -0.05) is 20.8 Å². The molecule has 0 spiro atoms. The van der Waals surface area contributed by atoms with Gasteiger partial charge >= 0.3 is 0 Å². The van der Waals surface area contributed by atoms with Crippen molar-refractivity contribution in [2.75, 3.05) is 0 Å². The lowest BCUT2D eigenvalue weighted by Gasteiger charge is -2.18. The van der Waals surface area contributed by atoms with Gasteiger partial charge in [-0.2, -0.15) is 5.10 Å². The second-order valence-electron chi connectivity index (χ2n) is 5.10. The first kappa shape index (κ1) is 10.1. The third-order valence-electron chi connectivity index (χ3n) is 2.50. The predicted molar refractivity (Wildman–Crippen MR) is 61.2 cm³/mol. The van der Waals surface area contributed by atoms with Crippen molar-refractivity contribution in [3.63, 3.8) is 0 Å². The van der Waals surface area contributed by atoms with Crippen LogP contribution in [-0.2, 0) is 5.41 Å². The van der Waals surface area contributed by atoms with E-state index in [1.54, 1.807) is 0 Å². The molecule has 0 radical (unpaired) electrons. The molecule has 80 valence electrons. The largest absolute Gasteiger partial charge is 0.232 e. The minimum atomic E-state index is 0.0752. The van der Waals surface area contributed by atoms with Gasteiger partial charge in [0, 0.05) is 5.41 Å². The van der Waals surface area contributed by atoms with Gasteiger partial charge < -0.3 is 0 Å². The SMILES string of the molecule is Cc1cnn2c(C(C)(C)C)c(C)nc2c1. The quantitative estimate of drug-likeness (QED) is 0.659. The lowest BCUT2D eigenvalue weighted by molar-refractivity contribution is 0.546. The molecule has 0 unspecified atom stereocenters. The summed E-state index contributed by atoms with van der Waals surface area (Å²) in [5.41, 5.74) is 4.43. The van der Waals surface area contributed by atoms with Crippen LogP contribution in [0.2, 0.25) is 0 Å². The molecule has 0 N–H and O–H groups in total. The van der Waals surface area contributed by atoms with Crippen LogP contribution in [0.15, 0.2) is 12.3 Å². The van der Waals surface area contributed by atoms with Crippen LogP contribution in [0.4, 0.5) is 0 Å². The Labute approximate surface area is 90.1 Å². The van der Waals surface area contributed by atoms with Gasteiger partial charge in [0.1, 0.15) is 0 Å². The molecule has 0 atom stereocenters. The molecular weight excluding hydrogens is 186 g/mol. The van der Waals surface area contributed by atoms with Gasteiger partial charge in [0.25, 0.3) is 0 Å². The van der Waals surface area contributed by atoms with E-state index in [1.807, 2.05) is 24.6 Å². The highest BCUT2D eigenvalue weighted by atomic mass is 15.3. The van der Waals surface area contributed by atoms with E-state index >= 15 is 0 Å². The number of hydrogen-bond acceptors (Lipinski definition) is 2. The second-order valence-corrected chi connectivity index (χ2v) is 5.10. The van der Waals surface area contributed by atoms with Gasteiger partial charge in [0.15, 0.2) is 5.65 Å². The summed E-state index contributed by atoms with van der Waals surface area (Å²) in [5, 5.41) is 4.42. The normalized spacial score (nSPS) is 12.3. The van der Waals surface area contributed by atoms with Crippen LogP contribution in [0, 0.1) is 13.8 Å². The molecule has 0 aliphatic carbocycles. The molecule has 0 aromatic carbocycles. The van der Waals surface area contributed by atoms with Gasteiger partial charge in [0.2, 0.25) is 0 Å². The van der Waals surface area contributed by atoms with Crippen molar-refractivity contribution in [2.24, 2.45) is 0 Å². The monoisotopic (exact) mass is 203 g/mol. The summed E-state index contributed by atoms with van der Waals surface area (Å²) < 4.78 is 1.95. The van der Waals surface area contributed by atoms with Crippen molar-refractivity contribution >= 4 is 5.65 Å². The van der Waals surface area contributed by atoms with E-state index in [2.05, 4.69) is 36.9 Å². The summed E-state index contributed by atoms with van der Waals surface area (Å²) >= 11 is 0. The Balaban J connectivity index is 2.80. The first-order valence-electron chi connectivity index (χ1n) is 5.22. The van der Waals surface area contributed by atoms with Crippen LogP contribution in [0.5, 0.6) is 0 Å². The first-order chi connectivity index (χ1) is 6.89. The van der Waals surface area contributed by atoms with Gasteiger partial charge in [-0.05, 0) is 25.5 Å². The molecule has 0 amide bonds. The number of hydrogen-bond donors (Lipinski definition) is 0. The standard InChI is InChI=1S/C12H17N3/c1-8-6-10-14-9(2)11(12(3,4)5)15(10)13-7-8/h6-7H,1-5H3. The number of nitrogens with zero attached hydrogens (tertiary/aromatic N) is 3. The molecule has 0 bridgehead atoms. The van der Waals surface area contributed by atoms with E-state index in [9.17, 15) is 0 Å². The number of fused-ring (bicyclic) bond motifs is 1. The Kier molecular flexibility index (Phi) is 2.07. The summed E-state index contributed by atoms with van der Waals surface area (Å²) in [6.45, 7) is 10.6. The van der Waals surface area contributed by atoms with Crippen LogP contribution in [0.25, 0.3) is 5.65 Å². The second kappa shape index (κ2) is 3.05. The van der Waals surface area contributed by atoms with Crippen molar-refractivity contribution in [3.05, 3.63) is 29.2 Å². The van der Waals surface area contributed by atoms with Gasteiger partial charge in [-0.3, -0.25) is 0 Å². The Hall–Kier alpha value is -1.38. The molecule has 2 rings (SSSR count). The van der Waals surface area contributed by atoms with E-state index in [1.165, 1.54) is 5.69 Å². The highest BCUT2D eigenvalue weighted by Crippen LogP contribution is 2.25. The third kappa shape index (κ3) is 1.62. The fourth-order valence-electron chi connectivity index (χ4n) is 2.00. The van der Waals surface area contributed by atoms with E-state index in [4.69, 9.17) is 0 Å². The van der Waals surface area contributed by atoms with Crippen molar-refractivity contribution in [2.45, 2.75) is 40.0 Å². The van der Waals surface area contributed by atoms with Gasteiger partial charge in [0.05, 0.1) is 17.6 Å². The number of imidazole rings is 1. The summed E-state index contributed by atoms with van der Waals surface area (Å²) in [4.78, 5) is 4.54. The maximum atomic E-state index is 4.54. The number of rotatable bonds is 0. The summed E-state index contributed by atoms with van der Waals surface area (Å²) in [5.74, 6) is 0. The molecule has 2 aromatic heterocycles. The van der Waals surface area contributed by atoms with Crippen molar-refractivity contribution in [3.8, 4) is 0 Å². The van der Waals surface area contributed by atoms with Crippen molar-refractivity contribution in [1.29, 1.82) is 0 Å². The van der Waals surface area contributed by atoms with Crippen LogP contribution in [0.3, 0.4) is 0 Å². The van der Waals surface area contributed by atoms with Gasteiger partial charge in [-0.15, -0.1) is 0 Å². The molecule has 3 heteroatoms. The van der Waals surface area contributed by atoms with E-state index in [0.717, 1.165) is 16.9 Å². The zero-order chi connectivity index (χ0) is 11.2. The molecule has 0 fully saturated rings. The van der Waals surface area contributed by atoms with Crippen molar-refractivity contribution in [1.82, 2.24) is 14.6 Å². The Morgan fingerprint density at radius 3 is 2.47 bits per heavy atom. The molecule has 0 aliphatic heterocycles. The highest BCUT2D eigenvalue weighted by Gasteiger charge is 2.22. The Morgan fingerprint density at radius 2 is 1.87 bits per heavy atom. The lowest BCUT2D eigenvalue weighted by atomic mass is 9.91. The minimum Gasteiger partial charge on any atom is -0.232 e. The van der Waals surface area contributed by atoms with E-state index in [-0.39, 0.29) is 5.41 Å². The molecule has 0 aliphatic rings. The topological polar surface area (TPSA) is 30.2 Å². The average molecular weight is 203 g/mol. The molecule has 3 nitrogen and oxygen atoms in total. The Bertz CT molecular complexity index is 503. The van der Waals surface area contributed by atoms with E-state index < -0.39 is 0 Å². The van der Waals surface area contributed by atoms with Crippen LogP contribution in [-0.4, -0.2) is 14.6 Å². The third-order valence-corrected chi connectivity index (χ3v) is 2.50. The smallest absolute Gasteiger partial charge is 0.154 e. The molecule has 15 heavy (non-hydrogen) atoms. The molecular formula is C12H17N3. The summed E-state index contributed by atoms with van der Waals surface area (Å²) in [7, 11) is 0. The minimum absolute atomic E-state index is 0.0752. The Morgan fingerprint density at radius 1 is 1.20 bits per heavy atom. The first-order valence-corrected chi connectivity index (χ1v) is 5.22. The molecule has 0 saturated heterocycles. The summed E-state index contributed by atoms with van der Waals surface area (Å²) in [6.07, 6.45) is 1.88. The van der Waals surface area contributed by atoms with Crippen molar-refractivity contribution < 1.29 is 0 Å². The maximum absolute atomic E-state index is 4.54. The predicted octanol–water partition coefficient (Wildman–Crippen LogP) is 2.64. The number of aromatic nitrogens is 3. The maximum Gasteiger partial charge on any atom is 0.154 e. The van der Waals surface area contributed by atoms with Crippen LogP contribution in [0.1, 0.15) is 37.7 Å². The molecule has 2 heterocycles. The zero-order valence-corrected chi connectivity index (χ0v) is 10.00. The zero-order valence-electron chi connectivity index (χ0n) is 10.00. The van der Waals surface area contributed by atoms with E-state index in [0.29, 0.717) is 0 Å². The van der Waals surface area contributed by atoms with Crippen LogP contribution < -0.4 is 0 Å². The fraction of sp³-hybridized carbons (Fsp3) is 0.500. The highest BCUT2D eigenvalue weighted by molar-refractivity contribution is 5.44. The average Bonchev–Trinajstić information content (AvgIpc) is 2.38. The summed E-state index contributed by atoms with van der Waals surface area (Å²) in [6, 6.07) is 2.06. The number of aryl methyl sites for hydroxylation is 2. The molecule has 0 saturated carbocycles. The van der Waals surface area contributed by atoms with Gasteiger partial charge in [-0.25, -0.2) is 9.50 Å². The fourth-order valence-corrected chi connectivity index (χ4v) is 2.00. The molecule has 2 aromatic rings.